The number of nitrogens with zero attached hydrogens (tertiary/aromatic N) is 1. The zero-order chi connectivity index (χ0) is 14.5. The molecule has 0 saturated heterocycles. The number of rotatable bonds is 11. The Kier molecular flexibility index (Phi) is 9.13. The lowest BCUT2D eigenvalue weighted by molar-refractivity contribution is 0.475. The van der Waals surface area contributed by atoms with Crippen LogP contribution in [0.4, 0.5) is 5.69 Å². The second-order valence-corrected chi connectivity index (χ2v) is 5.21. The van der Waals surface area contributed by atoms with Crippen molar-refractivity contribution in [3.63, 3.8) is 0 Å². The largest absolute Gasteiger partial charge is 0.508 e. The van der Waals surface area contributed by atoms with Gasteiger partial charge in [-0.15, -0.1) is 0 Å². The van der Waals surface area contributed by atoms with Gasteiger partial charge in [0, 0.05) is 18.7 Å². The van der Waals surface area contributed by atoms with Crippen molar-refractivity contribution in [2.24, 2.45) is 0 Å². The van der Waals surface area contributed by atoms with Crippen molar-refractivity contribution in [2.75, 3.05) is 11.9 Å². The summed E-state index contributed by atoms with van der Waals surface area (Å²) < 4.78 is 0. The molecule has 0 aliphatic rings. The highest BCUT2D eigenvalue weighted by molar-refractivity contribution is 5.45. The minimum Gasteiger partial charge on any atom is -0.508 e. The molecular formula is C17H26N2O. The van der Waals surface area contributed by atoms with Gasteiger partial charge in [-0.05, 0) is 37.1 Å². The molecule has 20 heavy (non-hydrogen) atoms. The molecular weight excluding hydrogens is 248 g/mol. The van der Waals surface area contributed by atoms with Crippen molar-refractivity contribution in [3.05, 3.63) is 24.3 Å². The average molecular weight is 274 g/mol. The molecule has 0 aliphatic carbocycles. The fraction of sp³-hybridized carbons (Fsp3) is 0.588. The molecule has 0 aromatic heterocycles. The van der Waals surface area contributed by atoms with Gasteiger partial charge in [-0.1, -0.05) is 38.5 Å². The van der Waals surface area contributed by atoms with Gasteiger partial charge in [-0.3, -0.25) is 0 Å². The smallest absolute Gasteiger partial charge is 0.115 e. The third-order valence-electron chi connectivity index (χ3n) is 3.41. The third kappa shape index (κ3) is 8.42. The van der Waals surface area contributed by atoms with Crippen LogP contribution < -0.4 is 5.32 Å². The van der Waals surface area contributed by atoms with Crippen molar-refractivity contribution in [2.45, 2.75) is 57.8 Å². The predicted molar refractivity (Wildman–Crippen MR) is 83.8 cm³/mol. The average Bonchev–Trinajstić information content (AvgIpc) is 2.47. The van der Waals surface area contributed by atoms with Gasteiger partial charge in [-0.2, -0.15) is 5.26 Å². The molecule has 3 nitrogen and oxygen atoms in total. The quantitative estimate of drug-likeness (QED) is 0.448. The first-order valence-corrected chi connectivity index (χ1v) is 7.73. The summed E-state index contributed by atoms with van der Waals surface area (Å²) in [4.78, 5) is 0. The van der Waals surface area contributed by atoms with E-state index in [1.807, 2.05) is 12.1 Å². The minimum atomic E-state index is 0.310. The van der Waals surface area contributed by atoms with Crippen LogP contribution in [0.25, 0.3) is 0 Å². The molecule has 2 N–H and O–H groups in total. The molecule has 0 unspecified atom stereocenters. The van der Waals surface area contributed by atoms with Crippen LogP contribution in [0.3, 0.4) is 0 Å². The monoisotopic (exact) mass is 274 g/mol. The molecule has 0 heterocycles. The maximum absolute atomic E-state index is 9.17. The van der Waals surface area contributed by atoms with Crippen LogP contribution in [-0.2, 0) is 0 Å². The van der Waals surface area contributed by atoms with Crippen LogP contribution in [0.5, 0.6) is 5.75 Å². The van der Waals surface area contributed by atoms with Crippen molar-refractivity contribution in [1.29, 1.82) is 5.26 Å². The molecule has 0 bridgehead atoms. The lowest BCUT2D eigenvalue weighted by Crippen LogP contribution is -2.00. The van der Waals surface area contributed by atoms with Gasteiger partial charge in [0.25, 0.3) is 0 Å². The molecule has 0 spiro atoms. The number of phenols is 1. The highest BCUT2D eigenvalue weighted by Gasteiger charge is 1.94. The van der Waals surface area contributed by atoms with Crippen LogP contribution >= 0.6 is 0 Å². The standard InChI is InChI=1S/C17H26N2O/c18-14-8-6-4-2-1-3-5-7-9-15-19-16-10-12-17(20)13-11-16/h10-13,19-20H,1-9,15H2. The molecule has 3 heteroatoms. The van der Waals surface area contributed by atoms with E-state index >= 15 is 0 Å². The van der Waals surface area contributed by atoms with Crippen LogP contribution in [0.1, 0.15) is 57.8 Å². The molecule has 0 fully saturated rings. The molecule has 110 valence electrons. The van der Waals surface area contributed by atoms with Crippen LogP contribution in [0.15, 0.2) is 24.3 Å². The summed E-state index contributed by atoms with van der Waals surface area (Å²) in [6.45, 7) is 0.993. The van der Waals surface area contributed by atoms with E-state index < -0.39 is 0 Å². The summed E-state index contributed by atoms with van der Waals surface area (Å²) in [7, 11) is 0. The van der Waals surface area contributed by atoms with Gasteiger partial charge >= 0.3 is 0 Å². The summed E-state index contributed by atoms with van der Waals surface area (Å²) in [6, 6.07) is 9.39. The molecule has 1 aromatic rings. The Balaban J connectivity index is 1.85. The number of anilines is 1. The first kappa shape index (κ1) is 16.4. The van der Waals surface area contributed by atoms with Crippen molar-refractivity contribution in [3.8, 4) is 11.8 Å². The Hall–Kier alpha value is -1.69. The molecule has 0 amide bonds. The third-order valence-corrected chi connectivity index (χ3v) is 3.41. The first-order chi connectivity index (χ1) is 9.83. The number of nitriles is 1. The highest BCUT2D eigenvalue weighted by Crippen LogP contribution is 2.14. The lowest BCUT2D eigenvalue weighted by atomic mass is 10.1. The fourth-order valence-corrected chi connectivity index (χ4v) is 2.20. The van der Waals surface area contributed by atoms with E-state index in [1.54, 1.807) is 12.1 Å². The zero-order valence-electron chi connectivity index (χ0n) is 12.3. The molecule has 1 rings (SSSR count). The summed E-state index contributed by atoms with van der Waals surface area (Å²) >= 11 is 0. The molecule has 0 radical (unpaired) electrons. The van der Waals surface area contributed by atoms with Gasteiger partial charge in [-0.25, -0.2) is 0 Å². The van der Waals surface area contributed by atoms with Crippen LogP contribution in [-0.4, -0.2) is 11.7 Å². The number of nitrogens with one attached hydrogen (secondary N) is 1. The lowest BCUT2D eigenvalue weighted by Gasteiger charge is -2.06. The molecule has 0 aliphatic heterocycles. The van der Waals surface area contributed by atoms with Crippen LogP contribution in [0.2, 0.25) is 0 Å². The van der Waals surface area contributed by atoms with E-state index in [-0.39, 0.29) is 0 Å². The Morgan fingerprint density at radius 1 is 0.850 bits per heavy atom. The van der Waals surface area contributed by atoms with E-state index in [2.05, 4.69) is 11.4 Å². The second kappa shape index (κ2) is 11.2. The normalized spacial score (nSPS) is 10.2. The van der Waals surface area contributed by atoms with E-state index in [9.17, 15) is 5.11 Å². The number of unbranched alkanes of at least 4 members (excludes halogenated alkanes) is 8. The summed E-state index contributed by atoms with van der Waals surface area (Å²) in [5.74, 6) is 0.310. The van der Waals surface area contributed by atoms with Crippen molar-refractivity contribution in [1.82, 2.24) is 0 Å². The maximum Gasteiger partial charge on any atom is 0.115 e. The Morgan fingerprint density at radius 2 is 1.40 bits per heavy atom. The molecule has 1 aromatic carbocycles. The predicted octanol–water partition coefficient (Wildman–Crippen LogP) is 4.84. The molecule has 0 atom stereocenters. The molecule has 0 saturated carbocycles. The van der Waals surface area contributed by atoms with Gasteiger partial charge in [0.2, 0.25) is 0 Å². The van der Waals surface area contributed by atoms with E-state index in [0.717, 1.165) is 18.7 Å². The number of phenolic OH excluding ortho intramolecular Hbond substituents is 1. The van der Waals surface area contributed by atoms with Gasteiger partial charge < -0.3 is 10.4 Å². The Labute approximate surface area is 122 Å². The first-order valence-electron chi connectivity index (χ1n) is 7.73. The Morgan fingerprint density at radius 3 is 2.00 bits per heavy atom. The number of hydrogen-bond acceptors (Lipinski definition) is 3. The van der Waals surface area contributed by atoms with E-state index in [4.69, 9.17) is 5.26 Å². The number of hydrogen-bond donors (Lipinski definition) is 2. The summed E-state index contributed by atoms with van der Waals surface area (Å²) in [5, 5.41) is 20.9. The number of aromatic hydroxyl groups is 1. The van der Waals surface area contributed by atoms with Gasteiger partial charge in [0.15, 0.2) is 0 Å². The topological polar surface area (TPSA) is 56.0 Å². The summed E-state index contributed by atoms with van der Waals surface area (Å²) in [5.41, 5.74) is 1.07. The maximum atomic E-state index is 9.17. The Bertz CT molecular complexity index is 381. The van der Waals surface area contributed by atoms with Gasteiger partial charge in [0.1, 0.15) is 5.75 Å². The van der Waals surface area contributed by atoms with Gasteiger partial charge in [0.05, 0.1) is 6.07 Å². The van der Waals surface area contributed by atoms with Crippen LogP contribution in [0, 0.1) is 11.3 Å². The zero-order valence-corrected chi connectivity index (χ0v) is 12.3. The van der Waals surface area contributed by atoms with Crippen molar-refractivity contribution < 1.29 is 5.11 Å². The minimum absolute atomic E-state index is 0.310. The second-order valence-electron chi connectivity index (χ2n) is 5.21. The highest BCUT2D eigenvalue weighted by atomic mass is 16.3. The number of benzene rings is 1. The summed E-state index contributed by atoms with van der Waals surface area (Å²) in [6.07, 6.45) is 10.6. The fourth-order valence-electron chi connectivity index (χ4n) is 2.20. The van der Waals surface area contributed by atoms with Crippen molar-refractivity contribution >= 4 is 5.69 Å². The SMILES string of the molecule is N#CCCCCCCCCCCNc1ccc(O)cc1. The van der Waals surface area contributed by atoms with E-state index in [1.165, 1.54) is 44.9 Å². The van der Waals surface area contributed by atoms with E-state index in [0.29, 0.717) is 12.2 Å².